The molecule has 9 heavy (non-hydrogen) atoms. The van der Waals surface area contributed by atoms with Crippen LogP contribution in [0, 0.1) is 5.92 Å². The summed E-state index contributed by atoms with van der Waals surface area (Å²) >= 11 is 0. The first-order valence-electron chi connectivity index (χ1n) is 3.62. The van der Waals surface area contributed by atoms with Gasteiger partial charge in [0.25, 0.3) is 0 Å². The maximum absolute atomic E-state index is 3.62. The summed E-state index contributed by atoms with van der Waals surface area (Å²) in [6.45, 7) is 10.1. The molecule has 0 aromatic carbocycles. The second-order valence-corrected chi connectivity index (χ2v) is 2.46. The van der Waals surface area contributed by atoms with Gasteiger partial charge in [0.15, 0.2) is 0 Å². The van der Waals surface area contributed by atoms with Gasteiger partial charge >= 0.3 is 0 Å². The zero-order chi connectivity index (χ0) is 7.11. The third-order valence-electron chi connectivity index (χ3n) is 1.48. The van der Waals surface area contributed by atoms with Crippen molar-refractivity contribution >= 4 is 0 Å². The van der Waals surface area contributed by atoms with Crippen LogP contribution in [0.4, 0.5) is 0 Å². The number of rotatable bonds is 5. The third kappa shape index (κ3) is 5.57. The van der Waals surface area contributed by atoms with Crippen LogP contribution in [0.3, 0.4) is 0 Å². The summed E-state index contributed by atoms with van der Waals surface area (Å²) in [5, 5.41) is 3.27. The Balaban J connectivity index is 2.96. The average molecular weight is 127 g/mol. The lowest BCUT2D eigenvalue weighted by Gasteiger charge is -2.06. The van der Waals surface area contributed by atoms with Crippen molar-refractivity contribution in [2.75, 3.05) is 13.1 Å². The summed E-state index contributed by atoms with van der Waals surface area (Å²) in [5.41, 5.74) is 0. The molecule has 0 rings (SSSR count). The van der Waals surface area contributed by atoms with Gasteiger partial charge in [0, 0.05) is 6.54 Å². The molecule has 0 aliphatic carbocycles. The molecule has 0 aliphatic heterocycles. The van der Waals surface area contributed by atoms with Crippen LogP contribution in [0.25, 0.3) is 0 Å². The van der Waals surface area contributed by atoms with Gasteiger partial charge in [0.05, 0.1) is 0 Å². The van der Waals surface area contributed by atoms with Crippen molar-refractivity contribution in [2.24, 2.45) is 5.92 Å². The second-order valence-electron chi connectivity index (χ2n) is 2.46. The van der Waals surface area contributed by atoms with Gasteiger partial charge in [-0.1, -0.05) is 26.3 Å². The summed E-state index contributed by atoms with van der Waals surface area (Å²) in [7, 11) is 0. The van der Waals surface area contributed by atoms with E-state index < -0.39 is 0 Å². The smallest absolute Gasteiger partial charge is 0.0132 e. The average Bonchev–Trinajstić information content (AvgIpc) is 1.89. The minimum atomic E-state index is 0.796. The lowest BCUT2D eigenvalue weighted by atomic mass is 10.1. The monoisotopic (exact) mass is 127 g/mol. The number of nitrogens with one attached hydrogen (secondary N) is 1. The zero-order valence-corrected chi connectivity index (χ0v) is 6.48. The first-order chi connectivity index (χ1) is 4.31. The highest BCUT2D eigenvalue weighted by atomic mass is 14.8. The van der Waals surface area contributed by atoms with Gasteiger partial charge in [-0.25, -0.2) is 0 Å². The fourth-order valence-corrected chi connectivity index (χ4v) is 0.576. The lowest BCUT2D eigenvalue weighted by Crippen LogP contribution is -2.20. The van der Waals surface area contributed by atoms with E-state index in [2.05, 4.69) is 25.7 Å². The van der Waals surface area contributed by atoms with E-state index in [0.29, 0.717) is 0 Å². The molecule has 0 bridgehead atoms. The normalized spacial score (nSPS) is 13.1. The van der Waals surface area contributed by atoms with Crippen molar-refractivity contribution in [1.82, 2.24) is 5.32 Å². The van der Waals surface area contributed by atoms with E-state index in [1.807, 2.05) is 6.08 Å². The highest BCUT2D eigenvalue weighted by Gasteiger charge is 1.94. The van der Waals surface area contributed by atoms with Gasteiger partial charge < -0.3 is 5.32 Å². The third-order valence-corrected chi connectivity index (χ3v) is 1.48. The van der Waals surface area contributed by atoms with E-state index in [0.717, 1.165) is 19.0 Å². The Morgan fingerprint density at radius 3 is 2.78 bits per heavy atom. The molecule has 0 aromatic rings. The Labute approximate surface area is 58.2 Å². The largest absolute Gasteiger partial charge is 0.313 e. The van der Waals surface area contributed by atoms with Crippen molar-refractivity contribution in [3.05, 3.63) is 12.7 Å². The van der Waals surface area contributed by atoms with E-state index in [1.165, 1.54) is 6.42 Å². The standard InChI is InChI=1S/C8H17N/c1-4-6-9-7-8(3)5-2/h4,8-9H,1,5-7H2,2-3H3. The van der Waals surface area contributed by atoms with E-state index in [-0.39, 0.29) is 0 Å². The van der Waals surface area contributed by atoms with Gasteiger partial charge in [-0.3, -0.25) is 0 Å². The van der Waals surface area contributed by atoms with Crippen molar-refractivity contribution in [2.45, 2.75) is 20.3 Å². The molecule has 0 fully saturated rings. The van der Waals surface area contributed by atoms with E-state index in [4.69, 9.17) is 0 Å². The van der Waals surface area contributed by atoms with E-state index in [9.17, 15) is 0 Å². The fourth-order valence-electron chi connectivity index (χ4n) is 0.576. The number of hydrogen-bond acceptors (Lipinski definition) is 1. The Kier molecular flexibility index (Phi) is 5.64. The minimum Gasteiger partial charge on any atom is -0.313 e. The van der Waals surface area contributed by atoms with Crippen molar-refractivity contribution in [3.63, 3.8) is 0 Å². The van der Waals surface area contributed by atoms with E-state index in [1.54, 1.807) is 0 Å². The van der Waals surface area contributed by atoms with Crippen LogP contribution in [0.15, 0.2) is 12.7 Å². The Morgan fingerprint density at radius 2 is 2.33 bits per heavy atom. The van der Waals surface area contributed by atoms with Crippen LogP contribution in [0.2, 0.25) is 0 Å². The topological polar surface area (TPSA) is 12.0 Å². The molecular weight excluding hydrogens is 110 g/mol. The van der Waals surface area contributed by atoms with Crippen LogP contribution >= 0.6 is 0 Å². The molecule has 54 valence electrons. The molecule has 0 spiro atoms. The van der Waals surface area contributed by atoms with Gasteiger partial charge in [-0.05, 0) is 12.5 Å². The van der Waals surface area contributed by atoms with Crippen LogP contribution in [0.1, 0.15) is 20.3 Å². The molecule has 0 aromatic heterocycles. The summed E-state index contributed by atoms with van der Waals surface area (Å²) < 4.78 is 0. The molecule has 1 unspecified atom stereocenters. The molecule has 0 radical (unpaired) electrons. The molecule has 0 saturated carbocycles. The predicted octanol–water partition coefficient (Wildman–Crippen LogP) is 1.81. The summed E-state index contributed by atoms with van der Waals surface area (Å²) in [5.74, 6) is 0.796. The predicted molar refractivity (Wildman–Crippen MR) is 42.5 cm³/mol. The Morgan fingerprint density at radius 1 is 1.67 bits per heavy atom. The van der Waals surface area contributed by atoms with Crippen LogP contribution in [-0.2, 0) is 0 Å². The Bertz CT molecular complexity index is 69.0. The Hall–Kier alpha value is -0.300. The van der Waals surface area contributed by atoms with Crippen LogP contribution in [0.5, 0.6) is 0 Å². The summed E-state index contributed by atoms with van der Waals surface area (Å²) in [6.07, 6.45) is 3.15. The summed E-state index contributed by atoms with van der Waals surface area (Å²) in [4.78, 5) is 0. The molecule has 1 N–H and O–H groups in total. The molecule has 1 heteroatoms. The maximum atomic E-state index is 3.62. The molecule has 0 amide bonds. The second kappa shape index (κ2) is 5.83. The van der Waals surface area contributed by atoms with Crippen LogP contribution < -0.4 is 5.32 Å². The molecule has 0 heterocycles. The number of hydrogen-bond donors (Lipinski definition) is 1. The van der Waals surface area contributed by atoms with Gasteiger partial charge in [-0.15, -0.1) is 6.58 Å². The summed E-state index contributed by atoms with van der Waals surface area (Å²) in [6, 6.07) is 0. The fraction of sp³-hybridized carbons (Fsp3) is 0.750. The quantitative estimate of drug-likeness (QED) is 0.438. The lowest BCUT2D eigenvalue weighted by molar-refractivity contribution is 0.516. The molecule has 1 atom stereocenters. The SMILES string of the molecule is C=CCNCC(C)CC. The van der Waals surface area contributed by atoms with E-state index >= 15 is 0 Å². The highest BCUT2D eigenvalue weighted by Crippen LogP contribution is 1.96. The van der Waals surface area contributed by atoms with Crippen molar-refractivity contribution in [3.8, 4) is 0 Å². The van der Waals surface area contributed by atoms with Crippen molar-refractivity contribution < 1.29 is 0 Å². The zero-order valence-electron chi connectivity index (χ0n) is 6.48. The van der Waals surface area contributed by atoms with Crippen molar-refractivity contribution in [1.29, 1.82) is 0 Å². The minimum absolute atomic E-state index is 0.796. The molecule has 0 saturated heterocycles. The van der Waals surface area contributed by atoms with Gasteiger partial charge in [-0.2, -0.15) is 0 Å². The molecule has 0 aliphatic rings. The molecular formula is C8H17N. The first kappa shape index (κ1) is 8.70. The van der Waals surface area contributed by atoms with Gasteiger partial charge in [0.1, 0.15) is 0 Å². The van der Waals surface area contributed by atoms with Crippen LogP contribution in [-0.4, -0.2) is 13.1 Å². The molecule has 1 nitrogen and oxygen atoms in total. The van der Waals surface area contributed by atoms with Gasteiger partial charge in [0.2, 0.25) is 0 Å². The highest BCUT2D eigenvalue weighted by molar-refractivity contribution is 4.70. The first-order valence-corrected chi connectivity index (χ1v) is 3.62. The maximum Gasteiger partial charge on any atom is 0.0132 e.